The Kier molecular flexibility index (Phi) is 4.32. The summed E-state index contributed by atoms with van der Waals surface area (Å²) >= 11 is 0. The summed E-state index contributed by atoms with van der Waals surface area (Å²) in [6.45, 7) is 6.96. The lowest BCUT2D eigenvalue weighted by Gasteiger charge is -2.28. The van der Waals surface area contributed by atoms with Crippen molar-refractivity contribution in [3.8, 4) is 5.75 Å². The van der Waals surface area contributed by atoms with Gasteiger partial charge in [-0.15, -0.1) is 0 Å². The molecule has 3 rings (SSSR count). The Bertz CT molecular complexity index is 716. The van der Waals surface area contributed by atoms with Crippen molar-refractivity contribution in [1.82, 2.24) is 15.0 Å². The first-order valence-corrected chi connectivity index (χ1v) is 8.08. The summed E-state index contributed by atoms with van der Waals surface area (Å²) in [4.78, 5) is 12.9. The molecular weight excluding hydrogens is 290 g/mol. The number of nitrogens with one attached hydrogen (secondary N) is 1. The number of hydrogen-bond acceptors (Lipinski definition) is 6. The van der Waals surface area contributed by atoms with E-state index in [1.165, 1.54) is 11.1 Å². The smallest absolute Gasteiger partial charge is 0.228 e. The summed E-state index contributed by atoms with van der Waals surface area (Å²) in [6, 6.07) is 4.36. The van der Waals surface area contributed by atoms with E-state index in [1.54, 1.807) is 0 Å². The van der Waals surface area contributed by atoms with Gasteiger partial charge in [0.25, 0.3) is 0 Å². The number of nitrogens with zero attached hydrogens (tertiary/aromatic N) is 3. The highest BCUT2D eigenvalue weighted by Gasteiger charge is 2.24. The lowest BCUT2D eigenvalue weighted by molar-refractivity contribution is 0.272. The number of anilines is 2. The first-order valence-electron chi connectivity index (χ1n) is 8.08. The van der Waals surface area contributed by atoms with Gasteiger partial charge in [0.1, 0.15) is 11.6 Å². The van der Waals surface area contributed by atoms with Crippen LogP contribution in [0.25, 0.3) is 0 Å². The Morgan fingerprint density at radius 2 is 2.09 bits per heavy atom. The zero-order valence-corrected chi connectivity index (χ0v) is 13.9. The summed E-state index contributed by atoms with van der Waals surface area (Å²) in [6.07, 6.45) is 2.63. The molecule has 0 bridgehead atoms. The first kappa shape index (κ1) is 15.5. The monoisotopic (exact) mass is 313 g/mol. The fraction of sp³-hybridized carbons (Fsp3) is 0.471. The average Bonchev–Trinajstić information content (AvgIpc) is 2.51. The third-order valence-electron chi connectivity index (χ3n) is 4.21. The van der Waals surface area contributed by atoms with Gasteiger partial charge >= 0.3 is 0 Å². The molecule has 0 aliphatic carbocycles. The second-order valence-corrected chi connectivity index (χ2v) is 5.94. The number of benzene rings is 1. The highest BCUT2D eigenvalue weighted by atomic mass is 16.5. The SMILES string of the molecule is CCCc1nc(N)nc(N[C@@H]2CCOc3c2ccc(C)c3C)n1. The van der Waals surface area contributed by atoms with Gasteiger partial charge in [-0.1, -0.05) is 19.1 Å². The molecule has 0 fully saturated rings. The normalized spacial score (nSPS) is 16.6. The molecule has 6 nitrogen and oxygen atoms in total. The molecule has 1 atom stereocenters. The Labute approximate surface area is 136 Å². The first-order chi connectivity index (χ1) is 11.1. The Morgan fingerprint density at radius 3 is 2.87 bits per heavy atom. The van der Waals surface area contributed by atoms with Crippen LogP contribution in [-0.2, 0) is 6.42 Å². The van der Waals surface area contributed by atoms with E-state index in [1.807, 2.05) is 0 Å². The number of nitrogens with two attached hydrogens (primary N) is 1. The van der Waals surface area contributed by atoms with Gasteiger partial charge in [-0.3, -0.25) is 0 Å². The van der Waals surface area contributed by atoms with Gasteiger partial charge in [-0.05, 0) is 31.4 Å². The lowest BCUT2D eigenvalue weighted by atomic mass is 9.95. The molecule has 122 valence electrons. The second-order valence-electron chi connectivity index (χ2n) is 5.94. The van der Waals surface area contributed by atoms with Crippen molar-refractivity contribution in [2.24, 2.45) is 0 Å². The Morgan fingerprint density at radius 1 is 1.26 bits per heavy atom. The molecule has 1 aliphatic heterocycles. The molecule has 2 heterocycles. The number of rotatable bonds is 4. The van der Waals surface area contributed by atoms with Crippen LogP contribution in [-0.4, -0.2) is 21.6 Å². The molecule has 1 aromatic carbocycles. The van der Waals surface area contributed by atoms with E-state index in [0.717, 1.165) is 36.4 Å². The van der Waals surface area contributed by atoms with Crippen molar-refractivity contribution in [1.29, 1.82) is 0 Å². The number of ether oxygens (including phenoxy) is 1. The van der Waals surface area contributed by atoms with Crippen molar-refractivity contribution in [3.05, 3.63) is 34.6 Å². The fourth-order valence-electron chi connectivity index (χ4n) is 2.86. The van der Waals surface area contributed by atoms with Crippen LogP contribution in [0.4, 0.5) is 11.9 Å². The summed E-state index contributed by atoms with van der Waals surface area (Å²) in [5.74, 6) is 2.51. The summed E-state index contributed by atoms with van der Waals surface area (Å²) in [5, 5.41) is 3.40. The van der Waals surface area contributed by atoms with Crippen molar-refractivity contribution in [3.63, 3.8) is 0 Å². The maximum absolute atomic E-state index is 5.87. The zero-order valence-electron chi connectivity index (χ0n) is 13.9. The molecule has 2 aromatic rings. The van der Waals surface area contributed by atoms with Crippen molar-refractivity contribution in [2.75, 3.05) is 17.7 Å². The van der Waals surface area contributed by atoms with Crippen molar-refractivity contribution in [2.45, 2.75) is 46.1 Å². The highest BCUT2D eigenvalue weighted by molar-refractivity contribution is 5.50. The molecule has 0 radical (unpaired) electrons. The fourth-order valence-corrected chi connectivity index (χ4v) is 2.86. The number of aryl methyl sites for hydroxylation is 2. The summed E-state index contributed by atoms with van der Waals surface area (Å²) in [5.41, 5.74) is 9.38. The predicted molar refractivity (Wildman–Crippen MR) is 90.6 cm³/mol. The minimum Gasteiger partial charge on any atom is -0.493 e. The van der Waals surface area contributed by atoms with E-state index in [0.29, 0.717) is 12.6 Å². The van der Waals surface area contributed by atoms with Gasteiger partial charge in [0.15, 0.2) is 0 Å². The molecule has 1 aromatic heterocycles. The zero-order chi connectivity index (χ0) is 16.4. The van der Waals surface area contributed by atoms with Gasteiger partial charge in [0.2, 0.25) is 11.9 Å². The summed E-state index contributed by atoms with van der Waals surface area (Å²) < 4.78 is 5.87. The van der Waals surface area contributed by atoms with Crippen LogP contribution >= 0.6 is 0 Å². The Hall–Kier alpha value is -2.37. The number of nitrogen functional groups attached to an aromatic ring is 1. The summed E-state index contributed by atoms with van der Waals surface area (Å²) in [7, 11) is 0. The van der Waals surface area contributed by atoms with Crippen LogP contribution in [0.3, 0.4) is 0 Å². The van der Waals surface area contributed by atoms with Gasteiger partial charge in [-0.25, -0.2) is 0 Å². The van der Waals surface area contributed by atoms with Crippen LogP contribution in [0.2, 0.25) is 0 Å². The van der Waals surface area contributed by atoms with E-state index >= 15 is 0 Å². The largest absolute Gasteiger partial charge is 0.493 e. The molecule has 0 saturated heterocycles. The second kappa shape index (κ2) is 6.40. The molecule has 0 unspecified atom stereocenters. The van der Waals surface area contributed by atoms with Gasteiger partial charge < -0.3 is 15.8 Å². The maximum atomic E-state index is 5.87. The minimum absolute atomic E-state index is 0.120. The van der Waals surface area contributed by atoms with Crippen molar-refractivity contribution >= 4 is 11.9 Å². The van der Waals surface area contributed by atoms with Crippen LogP contribution < -0.4 is 15.8 Å². The molecule has 0 saturated carbocycles. The number of hydrogen-bond donors (Lipinski definition) is 2. The third-order valence-corrected chi connectivity index (χ3v) is 4.21. The minimum atomic E-state index is 0.120. The maximum Gasteiger partial charge on any atom is 0.228 e. The van der Waals surface area contributed by atoms with E-state index in [2.05, 4.69) is 53.2 Å². The van der Waals surface area contributed by atoms with Crippen LogP contribution in [0.5, 0.6) is 5.75 Å². The molecule has 3 N–H and O–H groups in total. The standard InChI is InChI=1S/C17H23N5O/c1-4-5-14-20-16(18)22-17(21-14)19-13-8-9-23-15-11(3)10(2)6-7-12(13)15/h6-7,13H,4-5,8-9H2,1-3H3,(H3,18,19,20,21,22)/t13-/m1/s1. The van der Waals surface area contributed by atoms with E-state index < -0.39 is 0 Å². The molecule has 0 amide bonds. The van der Waals surface area contributed by atoms with Gasteiger partial charge in [0, 0.05) is 18.4 Å². The van der Waals surface area contributed by atoms with E-state index in [9.17, 15) is 0 Å². The number of aromatic nitrogens is 3. The van der Waals surface area contributed by atoms with Gasteiger partial charge in [-0.2, -0.15) is 15.0 Å². The third kappa shape index (κ3) is 3.21. The van der Waals surface area contributed by atoms with Crippen molar-refractivity contribution < 1.29 is 4.74 Å². The quantitative estimate of drug-likeness (QED) is 0.902. The molecule has 6 heteroatoms. The topological polar surface area (TPSA) is 86.0 Å². The molecule has 1 aliphatic rings. The predicted octanol–water partition coefficient (Wildman–Crippen LogP) is 2.96. The molecule has 23 heavy (non-hydrogen) atoms. The lowest BCUT2D eigenvalue weighted by Crippen LogP contribution is -2.23. The van der Waals surface area contributed by atoms with Gasteiger partial charge in [0.05, 0.1) is 12.6 Å². The van der Waals surface area contributed by atoms with Crippen LogP contribution in [0, 0.1) is 13.8 Å². The van der Waals surface area contributed by atoms with Crippen LogP contribution in [0.15, 0.2) is 12.1 Å². The van der Waals surface area contributed by atoms with Crippen LogP contribution in [0.1, 0.15) is 48.3 Å². The average molecular weight is 313 g/mol. The van der Waals surface area contributed by atoms with E-state index in [4.69, 9.17) is 10.5 Å². The molecular formula is C17H23N5O. The molecule has 0 spiro atoms. The Balaban J connectivity index is 1.89. The van der Waals surface area contributed by atoms with E-state index in [-0.39, 0.29) is 12.0 Å². The number of fused-ring (bicyclic) bond motifs is 1. The highest BCUT2D eigenvalue weighted by Crippen LogP contribution is 2.37.